The lowest BCUT2D eigenvalue weighted by Gasteiger charge is -2.12. The third-order valence-corrected chi connectivity index (χ3v) is 5.98. The highest BCUT2D eigenvalue weighted by Gasteiger charge is 2.30. The van der Waals surface area contributed by atoms with Crippen molar-refractivity contribution < 1.29 is 0 Å². The van der Waals surface area contributed by atoms with E-state index in [9.17, 15) is 0 Å². The van der Waals surface area contributed by atoms with E-state index in [1.54, 1.807) is 0 Å². The quantitative estimate of drug-likeness (QED) is 0.501. The first kappa shape index (κ1) is 15.4. The molecule has 0 amide bonds. The number of hydrogen-bond donors (Lipinski definition) is 0. The Hall–Kier alpha value is -2.51. The van der Waals surface area contributed by atoms with Gasteiger partial charge in [-0.3, -0.25) is 0 Å². The molecule has 112 valence electrons. The maximum atomic E-state index is 4.03. The van der Waals surface area contributed by atoms with Gasteiger partial charge in [0.2, 0.25) is 0 Å². The lowest BCUT2D eigenvalue weighted by molar-refractivity contribution is 1.30. The molecule has 0 saturated carbocycles. The summed E-state index contributed by atoms with van der Waals surface area (Å²) >= 11 is 0. The van der Waals surface area contributed by atoms with E-state index in [1.807, 2.05) is 12.2 Å². The molecule has 3 aromatic rings. The lowest BCUT2D eigenvalue weighted by Crippen LogP contribution is -2.07. The Balaban J connectivity index is 2.25. The average Bonchev–Trinajstić information content (AvgIpc) is 2.63. The molecule has 0 bridgehead atoms. The Labute approximate surface area is 141 Å². The number of rotatable bonds is 5. The molecule has 0 saturated heterocycles. The summed E-state index contributed by atoms with van der Waals surface area (Å²) in [7, 11) is -0.157. The second kappa shape index (κ2) is 7.17. The van der Waals surface area contributed by atoms with Gasteiger partial charge in [-0.15, -0.1) is 0 Å². The van der Waals surface area contributed by atoms with Crippen LogP contribution in [0.4, 0.5) is 0 Å². The number of hydrogen-bond acceptors (Lipinski definition) is 0. The van der Waals surface area contributed by atoms with Crippen molar-refractivity contribution in [3.8, 4) is 0 Å². The van der Waals surface area contributed by atoms with Gasteiger partial charge in [-0.25, -0.2) is 0 Å². The zero-order valence-electron chi connectivity index (χ0n) is 13.0. The Bertz CT molecular complexity index is 764. The molecule has 0 aliphatic rings. The minimum absolute atomic E-state index is 0.157. The van der Waals surface area contributed by atoms with Crippen molar-refractivity contribution in [3.63, 3.8) is 0 Å². The highest BCUT2D eigenvalue weighted by atomic mass is 32.2. The second-order valence-corrected chi connectivity index (χ2v) is 7.09. The summed E-state index contributed by atoms with van der Waals surface area (Å²) in [6.07, 6.45) is 3.84. The highest BCUT2D eigenvalue weighted by molar-refractivity contribution is 7.97. The van der Waals surface area contributed by atoms with E-state index >= 15 is 0 Å². The Morgan fingerprint density at radius 1 is 0.609 bits per heavy atom. The average molecular weight is 315 g/mol. The summed E-state index contributed by atoms with van der Waals surface area (Å²) in [5.74, 6) is 0. The fraction of sp³-hybridized carbons (Fsp3) is 0. The normalized spacial score (nSPS) is 10.5. The van der Waals surface area contributed by atoms with Crippen molar-refractivity contribution in [2.75, 3.05) is 0 Å². The molecule has 0 aliphatic heterocycles. The maximum Gasteiger partial charge on any atom is 0.174 e. The van der Waals surface area contributed by atoms with Crippen LogP contribution in [0.1, 0.15) is 11.1 Å². The third kappa shape index (κ3) is 3.15. The molecule has 0 nitrogen and oxygen atoms in total. The molecule has 23 heavy (non-hydrogen) atoms. The molecule has 0 heterocycles. The van der Waals surface area contributed by atoms with Crippen molar-refractivity contribution in [2.24, 2.45) is 0 Å². The first-order valence-corrected chi connectivity index (χ1v) is 8.80. The van der Waals surface area contributed by atoms with Crippen LogP contribution in [-0.2, 0) is 10.9 Å². The summed E-state index contributed by atoms with van der Waals surface area (Å²) in [6.45, 7) is 7.97. The third-order valence-electron chi connectivity index (χ3n) is 3.70. The van der Waals surface area contributed by atoms with Crippen LogP contribution in [0.15, 0.2) is 107 Å². The molecule has 0 N–H and O–H groups in total. The molecule has 0 fully saturated rings. The Morgan fingerprint density at radius 2 is 1.17 bits per heavy atom. The molecule has 1 heteroatoms. The van der Waals surface area contributed by atoms with Gasteiger partial charge >= 0.3 is 0 Å². The summed E-state index contributed by atoms with van der Waals surface area (Å²) in [5, 5.41) is 0. The first-order valence-electron chi connectivity index (χ1n) is 7.57. The molecule has 0 unspecified atom stereocenters. The molecule has 0 aromatic heterocycles. The summed E-state index contributed by atoms with van der Waals surface area (Å²) in [4.78, 5) is 3.90. The minimum atomic E-state index is -0.157. The van der Waals surface area contributed by atoms with E-state index in [2.05, 4.69) is 92.0 Å². The number of benzene rings is 3. The van der Waals surface area contributed by atoms with Crippen LogP contribution in [0.3, 0.4) is 0 Å². The largest absolute Gasteiger partial charge is 0.174 e. The standard InChI is InChI=1S/C22H19S/c1-3-18-12-11-17-22(21(18)4-2)23(19-13-7-5-8-14-19)20-15-9-6-10-16-20/h3-17H,1-2H2/q+1. The van der Waals surface area contributed by atoms with Crippen LogP contribution < -0.4 is 0 Å². The molecule has 3 aromatic carbocycles. The van der Waals surface area contributed by atoms with Crippen LogP contribution in [0.2, 0.25) is 0 Å². The monoisotopic (exact) mass is 315 g/mol. The lowest BCUT2D eigenvalue weighted by atomic mass is 10.1. The summed E-state index contributed by atoms with van der Waals surface area (Å²) in [5.41, 5.74) is 2.29. The molecule has 0 atom stereocenters. The van der Waals surface area contributed by atoms with Crippen LogP contribution >= 0.6 is 0 Å². The predicted octanol–water partition coefficient (Wildman–Crippen LogP) is 6.07. The van der Waals surface area contributed by atoms with Gasteiger partial charge in [0.25, 0.3) is 0 Å². The van der Waals surface area contributed by atoms with Crippen LogP contribution in [-0.4, -0.2) is 0 Å². The van der Waals surface area contributed by atoms with E-state index < -0.39 is 0 Å². The zero-order valence-corrected chi connectivity index (χ0v) is 13.8. The van der Waals surface area contributed by atoms with Gasteiger partial charge < -0.3 is 0 Å². The van der Waals surface area contributed by atoms with E-state index in [0.29, 0.717) is 0 Å². The van der Waals surface area contributed by atoms with Crippen molar-refractivity contribution in [1.82, 2.24) is 0 Å². The zero-order chi connectivity index (χ0) is 16.1. The molecular formula is C22H19S+. The maximum absolute atomic E-state index is 4.03. The van der Waals surface area contributed by atoms with Gasteiger partial charge in [0.05, 0.1) is 10.9 Å². The van der Waals surface area contributed by atoms with Crippen molar-refractivity contribution in [2.45, 2.75) is 14.7 Å². The van der Waals surface area contributed by atoms with E-state index in [1.165, 1.54) is 20.2 Å². The van der Waals surface area contributed by atoms with E-state index in [-0.39, 0.29) is 10.9 Å². The summed E-state index contributed by atoms with van der Waals surface area (Å²) < 4.78 is 0. The van der Waals surface area contributed by atoms with Crippen molar-refractivity contribution in [1.29, 1.82) is 0 Å². The van der Waals surface area contributed by atoms with E-state index in [4.69, 9.17) is 0 Å². The van der Waals surface area contributed by atoms with Crippen LogP contribution in [0, 0.1) is 0 Å². The fourth-order valence-electron chi connectivity index (χ4n) is 2.64. The SMILES string of the molecule is C=Cc1cccc([S+](c2ccccc2)c2ccccc2)c1C=C. The highest BCUT2D eigenvalue weighted by Crippen LogP contribution is 2.34. The van der Waals surface area contributed by atoms with Crippen LogP contribution in [0.25, 0.3) is 12.2 Å². The molecule has 0 spiro atoms. The van der Waals surface area contributed by atoms with E-state index in [0.717, 1.165) is 5.56 Å². The molecule has 0 aliphatic carbocycles. The van der Waals surface area contributed by atoms with Gasteiger partial charge in [0.1, 0.15) is 0 Å². The topological polar surface area (TPSA) is 0 Å². The Kier molecular flexibility index (Phi) is 4.80. The van der Waals surface area contributed by atoms with Crippen molar-refractivity contribution in [3.05, 3.63) is 103 Å². The predicted molar refractivity (Wildman–Crippen MR) is 102 cm³/mol. The molecule has 0 radical (unpaired) electrons. The van der Waals surface area contributed by atoms with Gasteiger partial charge in [-0.2, -0.15) is 0 Å². The first-order chi connectivity index (χ1) is 11.3. The van der Waals surface area contributed by atoms with Gasteiger partial charge in [-0.1, -0.05) is 73.8 Å². The Morgan fingerprint density at radius 3 is 1.65 bits per heavy atom. The van der Waals surface area contributed by atoms with Gasteiger partial charge in [-0.05, 0) is 35.9 Å². The minimum Gasteiger partial charge on any atom is -0.0984 e. The second-order valence-electron chi connectivity index (χ2n) is 5.10. The van der Waals surface area contributed by atoms with Gasteiger partial charge in [0.15, 0.2) is 14.7 Å². The van der Waals surface area contributed by atoms with Gasteiger partial charge in [0, 0.05) is 5.56 Å². The van der Waals surface area contributed by atoms with Crippen molar-refractivity contribution >= 4 is 23.0 Å². The molecule has 3 rings (SSSR count). The molecular weight excluding hydrogens is 296 g/mol. The smallest absolute Gasteiger partial charge is 0.0984 e. The summed E-state index contributed by atoms with van der Waals surface area (Å²) in [6, 6.07) is 27.7. The fourth-order valence-corrected chi connectivity index (χ4v) is 4.91. The van der Waals surface area contributed by atoms with Crippen LogP contribution in [0.5, 0.6) is 0 Å².